The highest BCUT2D eigenvalue weighted by atomic mass is 35.5. The van der Waals surface area contributed by atoms with Crippen molar-refractivity contribution in [1.82, 2.24) is 15.2 Å². The molecule has 3 aromatic rings. The fourth-order valence-corrected chi connectivity index (χ4v) is 2.48. The van der Waals surface area contributed by atoms with Gasteiger partial charge in [-0.15, -0.1) is 5.10 Å². The van der Waals surface area contributed by atoms with Gasteiger partial charge in [0.05, 0.1) is 6.20 Å². The summed E-state index contributed by atoms with van der Waals surface area (Å²) in [4.78, 5) is 4.42. The molecule has 0 fully saturated rings. The van der Waals surface area contributed by atoms with Gasteiger partial charge in [0.25, 0.3) is 0 Å². The minimum atomic E-state index is 0.463. The average Bonchev–Trinajstić information content (AvgIpc) is 2.61. The van der Waals surface area contributed by atoms with Gasteiger partial charge in [0.15, 0.2) is 5.82 Å². The molecule has 3 rings (SSSR count). The second-order valence-electron chi connectivity index (χ2n) is 5.39. The van der Waals surface area contributed by atoms with Gasteiger partial charge in [-0.3, -0.25) is 0 Å². The van der Waals surface area contributed by atoms with E-state index >= 15 is 0 Å². The summed E-state index contributed by atoms with van der Waals surface area (Å²) in [6.07, 6.45) is 1.61. The smallest absolute Gasteiger partial charge is 0.244 e. The summed E-state index contributed by atoms with van der Waals surface area (Å²) in [5.41, 5.74) is 3.45. The Balaban J connectivity index is 1.62. The van der Waals surface area contributed by atoms with Crippen LogP contribution in [-0.4, -0.2) is 15.2 Å². The van der Waals surface area contributed by atoms with Gasteiger partial charge in [0, 0.05) is 18.1 Å². The Hall–Kier alpha value is -2.66. The highest BCUT2D eigenvalue weighted by Crippen LogP contribution is 2.16. The lowest BCUT2D eigenvalue weighted by atomic mass is 10.1. The molecule has 6 heteroatoms. The molecule has 1 heterocycles. The van der Waals surface area contributed by atoms with E-state index in [1.807, 2.05) is 36.4 Å². The summed E-state index contributed by atoms with van der Waals surface area (Å²) in [7, 11) is 0. The van der Waals surface area contributed by atoms with Crippen molar-refractivity contribution in [3.05, 3.63) is 76.4 Å². The lowest BCUT2D eigenvalue weighted by Gasteiger charge is -2.09. The summed E-state index contributed by atoms with van der Waals surface area (Å²) in [6, 6.07) is 15.9. The number of aryl methyl sites for hydroxylation is 1. The number of halogens is 1. The van der Waals surface area contributed by atoms with Crippen LogP contribution >= 0.6 is 11.6 Å². The van der Waals surface area contributed by atoms with Crippen molar-refractivity contribution in [3.8, 4) is 0 Å². The summed E-state index contributed by atoms with van der Waals surface area (Å²) >= 11 is 6.15. The van der Waals surface area contributed by atoms with Crippen LogP contribution in [0.15, 0.2) is 54.7 Å². The number of anilines is 2. The topological polar surface area (TPSA) is 62.7 Å². The van der Waals surface area contributed by atoms with Crippen molar-refractivity contribution in [2.75, 3.05) is 10.6 Å². The Bertz CT molecular complexity index is 757. The second-order valence-corrected chi connectivity index (χ2v) is 5.80. The quantitative estimate of drug-likeness (QED) is 0.709. The first-order valence-corrected chi connectivity index (χ1v) is 8.05. The molecule has 2 aromatic carbocycles. The molecule has 122 valence electrons. The monoisotopic (exact) mass is 339 g/mol. The standard InChI is InChI=1S/C18H18ClN5/c1-13-6-2-3-7-14(13)10-20-17-12-22-24-18(23-17)21-11-15-8-4-5-9-16(15)19/h2-9,12H,10-11H2,1H3,(H2,20,21,23,24). The van der Waals surface area contributed by atoms with Crippen LogP contribution in [0.1, 0.15) is 16.7 Å². The van der Waals surface area contributed by atoms with Crippen LogP contribution in [0.25, 0.3) is 0 Å². The Labute approximate surface area is 146 Å². The number of nitrogens with zero attached hydrogens (tertiary/aromatic N) is 3. The molecule has 0 bridgehead atoms. The zero-order valence-corrected chi connectivity index (χ0v) is 14.1. The Morgan fingerprint density at radius 2 is 1.62 bits per heavy atom. The third-order valence-corrected chi connectivity index (χ3v) is 4.04. The third-order valence-electron chi connectivity index (χ3n) is 3.67. The molecule has 0 aliphatic heterocycles. The van der Waals surface area contributed by atoms with E-state index in [-0.39, 0.29) is 0 Å². The molecule has 1 aromatic heterocycles. The summed E-state index contributed by atoms with van der Waals surface area (Å²) in [5, 5.41) is 15.1. The molecule has 0 atom stereocenters. The average molecular weight is 340 g/mol. The van der Waals surface area contributed by atoms with Crippen LogP contribution in [0.4, 0.5) is 11.8 Å². The van der Waals surface area contributed by atoms with Crippen LogP contribution in [0.3, 0.4) is 0 Å². The molecule has 0 saturated heterocycles. The molecule has 0 aliphatic rings. The largest absolute Gasteiger partial charge is 0.365 e. The highest BCUT2D eigenvalue weighted by molar-refractivity contribution is 6.31. The normalized spacial score (nSPS) is 10.4. The fraction of sp³-hybridized carbons (Fsp3) is 0.167. The van der Waals surface area contributed by atoms with Crippen molar-refractivity contribution in [1.29, 1.82) is 0 Å². The molecule has 2 N–H and O–H groups in total. The van der Waals surface area contributed by atoms with Gasteiger partial charge in [-0.2, -0.15) is 10.1 Å². The minimum Gasteiger partial charge on any atom is -0.365 e. The summed E-state index contributed by atoms with van der Waals surface area (Å²) in [6.45, 7) is 3.32. The maximum atomic E-state index is 6.15. The molecule has 0 aliphatic carbocycles. The predicted octanol–water partition coefficient (Wildman–Crippen LogP) is 4.06. The van der Waals surface area contributed by atoms with E-state index in [0.717, 1.165) is 5.56 Å². The van der Waals surface area contributed by atoms with Gasteiger partial charge < -0.3 is 10.6 Å². The van der Waals surface area contributed by atoms with Gasteiger partial charge in [-0.05, 0) is 29.7 Å². The Morgan fingerprint density at radius 3 is 2.42 bits per heavy atom. The van der Waals surface area contributed by atoms with Crippen molar-refractivity contribution in [2.45, 2.75) is 20.0 Å². The number of aromatic nitrogens is 3. The fourth-order valence-electron chi connectivity index (χ4n) is 2.27. The van der Waals surface area contributed by atoms with Crippen molar-refractivity contribution in [2.24, 2.45) is 0 Å². The van der Waals surface area contributed by atoms with E-state index in [2.05, 4.69) is 44.9 Å². The van der Waals surface area contributed by atoms with E-state index in [0.29, 0.717) is 29.9 Å². The van der Waals surface area contributed by atoms with E-state index < -0.39 is 0 Å². The first-order valence-electron chi connectivity index (χ1n) is 7.68. The molecule has 0 amide bonds. The molecule has 24 heavy (non-hydrogen) atoms. The Kier molecular flexibility index (Phi) is 5.23. The van der Waals surface area contributed by atoms with E-state index in [1.165, 1.54) is 11.1 Å². The molecule has 5 nitrogen and oxygen atoms in total. The number of hydrogen-bond donors (Lipinski definition) is 2. The molecule has 0 saturated carbocycles. The van der Waals surface area contributed by atoms with Gasteiger partial charge >= 0.3 is 0 Å². The lowest BCUT2D eigenvalue weighted by Crippen LogP contribution is -2.08. The first-order chi connectivity index (χ1) is 11.7. The van der Waals surface area contributed by atoms with Crippen molar-refractivity contribution >= 4 is 23.4 Å². The van der Waals surface area contributed by atoms with Gasteiger partial charge in [0.1, 0.15) is 0 Å². The van der Waals surface area contributed by atoms with Gasteiger partial charge in [-0.1, -0.05) is 54.1 Å². The minimum absolute atomic E-state index is 0.463. The third kappa shape index (κ3) is 4.20. The van der Waals surface area contributed by atoms with E-state index in [9.17, 15) is 0 Å². The summed E-state index contributed by atoms with van der Waals surface area (Å²) in [5.74, 6) is 1.14. The van der Waals surface area contributed by atoms with Crippen molar-refractivity contribution < 1.29 is 0 Å². The van der Waals surface area contributed by atoms with Crippen LogP contribution in [-0.2, 0) is 13.1 Å². The van der Waals surface area contributed by atoms with Crippen LogP contribution in [0.5, 0.6) is 0 Å². The molecular weight excluding hydrogens is 322 g/mol. The maximum absolute atomic E-state index is 6.15. The van der Waals surface area contributed by atoms with E-state index in [4.69, 9.17) is 11.6 Å². The predicted molar refractivity (Wildman–Crippen MR) is 97.1 cm³/mol. The number of hydrogen-bond acceptors (Lipinski definition) is 5. The molecule has 0 spiro atoms. The van der Waals surface area contributed by atoms with E-state index in [1.54, 1.807) is 6.20 Å². The SMILES string of the molecule is Cc1ccccc1CNc1cnnc(NCc2ccccc2Cl)n1. The van der Waals surface area contributed by atoms with Crippen LogP contribution in [0.2, 0.25) is 5.02 Å². The van der Waals surface area contributed by atoms with Gasteiger partial charge in [0.2, 0.25) is 5.95 Å². The number of rotatable bonds is 6. The molecule has 0 radical (unpaired) electrons. The zero-order chi connectivity index (χ0) is 16.8. The number of nitrogens with one attached hydrogen (secondary N) is 2. The molecular formula is C18H18ClN5. The Morgan fingerprint density at radius 1 is 0.917 bits per heavy atom. The van der Waals surface area contributed by atoms with Gasteiger partial charge in [-0.25, -0.2) is 0 Å². The highest BCUT2D eigenvalue weighted by Gasteiger charge is 2.03. The molecule has 0 unspecified atom stereocenters. The second kappa shape index (κ2) is 7.75. The lowest BCUT2D eigenvalue weighted by molar-refractivity contribution is 0.936. The van der Waals surface area contributed by atoms with Crippen molar-refractivity contribution in [3.63, 3.8) is 0 Å². The zero-order valence-electron chi connectivity index (χ0n) is 13.3. The number of benzene rings is 2. The first kappa shape index (κ1) is 16.2. The van der Waals surface area contributed by atoms with Crippen LogP contribution < -0.4 is 10.6 Å². The maximum Gasteiger partial charge on any atom is 0.244 e. The van der Waals surface area contributed by atoms with Crippen LogP contribution in [0, 0.1) is 6.92 Å². The summed E-state index contributed by atoms with van der Waals surface area (Å²) < 4.78 is 0.